The van der Waals surface area contributed by atoms with Gasteiger partial charge in [-0.25, -0.2) is 0 Å². The maximum atomic E-state index is 2.39. The number of hydrogen-bond acceptors (Lipinski definition) is 0. The Kier molecular flexibility index (Phi) is 8.83. The molecule has 0 radical (unpaired) electrons. The van der Waals surface area contributed by atoms with Gasteiger partial charge < -0.3 is 0 Å². The molecule has 0 heterocycles. The molecular weight excluding hydrogens is 228 g/mol. The molecule has 0 aromatic rings. The van der Waals surface area contributed by atoms with E-state index >= 15 is 0 Å². The Morgan fingerprint density at radius 2 is 1.05 bits per heavy atom. The van der Waals surface area contributed by atoms with E-state index in [1.807, 2.05) is 0 Å². The van der Waals surface area contributed by atoms with E-state index in [0.29, 0.717) is 0 Å². The molecule has 1 fully saturated rings. The van der Waals surface area contributed by atoms with Crippen LogP contribution in [0.25, 0.3) is 0 Å². The molecule has 0 saturated heterocycles. The first-order valence-corrected chi connectivity index (χ1v) is 9.28. The molecule has 0 aromatic carbocycles. The lowest BCUT2D eigenvalue weighted by atomic mass is 9.61. The Morgan fingerprint density at radius 3 is 1.47 bits per heavy atom. The van der Waals surface area contributed by atoms with Crippen molar-refractivity contribution in [2.75, 3.05) is 0 Å². The summed E-state index contributed by atoms with van der Waals surface area (Å²) in [6, 6.07) is 0. The predicted molar refractivity (Wildman–Crippen MR) is 87.4 cm³/mol. The average molecular weight is 267 g/mol. The molecule has 1 aliphatic carbocycles. The van der Waals surface area contributed by atoms with Crippen molar-refractivity contribution >= 4 is 0 Å². The molecule has 114 valence electrons. The van der Waals surface area contributed by atoms with E-state index in [-0.39, 0.29) is 0 Å². The van der Waals surface area contributed by atoms with Crippen LogP contribution in [-0.2, 0) is 0 Å². The Morgan fingerprint density at radius 1 is 0.579 bits per heavy atom. The number of hydrogen-bond donors (Lipinski definition) is 0. The van der Waals surface area contributed by atoms with Crippen molar-refractivity contribution in [3.8, 4) is 0 Å². The van der Waals surface area contributed by atoms with Crippen LogP contribution in [0.2, 0.25) is 0 Å². The summed E-state index contributed by atoms with van der Waals surface area (Å²) in [5.74, 6) is 4.23. The monoisotopic (exact) mass is 266 g/mol. The van der Waals surface area contributed by atoms with Crippen molar-refractivity contribution in [1.82, 2.24) is 0 Å². The predicted octanol–water partition coefficient (Wildman–Crippen LogP) is 6.84. The minimum Gasteiger partial charge on any atom is -0.0654 e. The first-order valence-electron chi connectivity index (χ1n) is 9.28. The molecule has 0 heteroatoms. The van der Waals surface area contributed by atoms with Crippen LogP contribution in [-0.4, -0.2) is 0 Å². The molecule has 0 aliphatic heterocycles. The molecule has 0 amide bonds. The fourth-order valence-electron chi connectivity index (χ4n) is 4.69. The van der Waals surface area contributed by atoms with Crippen LogP contribution in [0.1, 0.15) is 98.3 Å². The van der Waals surface area contributed by atoms with E-state index in [2.05, 4.69) is 27.7 Å². The molecule has 4 unspecified atom stereocenters. The molecule has 0 N–H and O–H groups in total. The smallest absolute Gasteiger partial charge is 0.0355 e. The van der Waals surface area contributed by atoms with Gasteiger partial charge in [-0.2, -0.15) is 0 Å². The topological polar surface area (TPSA) is 0 Å². The van der Waals surface area contributed by atoms with E-state index in [9.17, 15) is 0 Å². The zero-order valence-electron chi connectivity index (χ0n) is 14.1. The maximum Gasteiger partial charge on any atom is -0.0355 e. The fraction of sp³-hybridized carbons (Fsp3) is 1.00. The third kappa shape index (κ3) is 5.12. The first kappa shape index (κ1) is 17.1. The second kappa shape index (κ2) is 9.83. The van der Waals surface area contributed by atoms with Crippen LogP contribution in [0.5, 0.6) is 0 Å². The number of unbranched alkanes of at least 4 members (excludes halogenated alkanes) is 1. The minimum absolute atomic E-state index is 1.06. The summed E-state index contributed by atoms with van der Waals surface area (Å²) < 4.78 is 0. The highest BCUT2D eigenvalue weighted by molar-refractivity contribution is 4.87. The van der Waals surface area contributed by atoms with E-state index in [1.165, 1.54) is 70.6 Å². The van der Waals surface area contributed by atoms with Crippen LogP contribution < -0.4 is 0 Å². The van der Waals surface area contributed by atoms with Gasteiger partial charge in [-0.3, -0.25) is 0 Å². The molecule has 1 aliphatic rings. The summed E-state index contributed by atoms with van der Waals surface area (Å²) in [5, 5.41) is 0. The van der Waals surface area contributed by atoms with E-state index in [0.717, 1.165) is 23.7 Å². The van der Waals surface area contributed by atoms with Gasteiger partial charge in [-0.05, 0) is 42.9 Å². The van der Waals surface area contributed by atoms with Gasteiger partial charge in [0.1, 0.15) is 0 Å². The summed E-state index contributed by atoms with van der Waals surface area (Å²) in [7, 11) is 0. The highest BCUT2D eigenvalue weighted by Crippen LogP contribution is 2.46. The molecule has 1 saturated carbocycles. The van der Waals surface area contributed by atoms with Gasteiger partial charge in [-0.1, -0.05) is 79.1 Å². The molecule has 0 nitrogen and oxygen atoms in total. The van der Waals surface area contributed by atoms with Crippen LogP contribution >= 0.6 is 0 Å². The highest BCUT2D eigenvalue weighted by atomic mass is 14.4. The van der Waals surface area contributed by atoms with Crippen LogP contribution in [0.3, 0.4) is 0 Å². The van der Waals surface area contributed by atoms with Crippen molar-refractivity contribution in [2.24, 2.45) is 23.7 Å². The lowest BCUT2D eigenvalue weighted by molar-refractivity contribution is 0.0619. The van der Waals surface area contributed by atoms with Crippen molar-refractivity contribution in [2.45, 2.75) is 98.3 Å². The minimum atomic E-state index is 1.06. The second-order valence-electron chi connectivity index (χ2n) is 6.93. The van der Waals surface area contributed by atoms with Crippen LogP contribution in [0.4, 0.5) is 0 Å². The molecule has 4 atom stereocenters. The van der Waals surface area contributed by atoms with E-state index in [4.69, 9.17) is 0 Å². The van der Waals surface area contributed by atoms with E-state index < -0.39 is 0 Å². The molecule has 19 heavy (non-hydrogen) atoms. The largest absolute Gasteiger partial charge is 0.0654 e. The zero-order valence-corrected chi connectivity index (χ0v) is 14.1. The van der Waals surface area contributed by atoms with Crippen molar-refractivity contribution in [3.05, 3.63) is 0 Å². The zero-order chi connectivity index (χ0) is 14.1. The summed E-state index contributed by atoms with van der Waals surface area (Å²) in [6.07, 6.45) is 16.1. The van der Waals surface area contributed by atoms with Gasteiger partial charge >= 0.3 is 0 Å². The van der Waals surface area contributed by atoms with Gasteiger partial charge in [0.05, 0.1) is 0 Å². The normalized spacial score (nSPS) is 31.6. The maximum absolute atomic E-state index is 2.39. The Balaban J connectivity index is 2.73. The van der Waals surface area contributed by atoms with Gasteiger partial charge in [0.25, 0.3) is 0 Å². The number of rotatable bonds is 9. The van der Waals surface area contributed by atoms with E-state index in [1.54, 1.807) is 0 Å². The summed E-state index contributed by atoms with van der Waals surface area (Å²) >= 11 is 0. The summed E-state index contributed by atoms with van der Waals surface area (Å²) in [4.78, 5) is 0. The summed E-state index contributed by atoms with van der Waals surface area (Å²) in [6.45, 7) is 9.51. The standard InChI is InChI=1S/C19H38/c1-5-9-13-19-17(11-7-3)15-14-16(10-6-2)18(19)12-8-4/h16-19H,5-15H2,1-4H3. The summed E-state index contributed by atoms with van der Waals surface area (Å²) in [5.41, 5.74) is 0. The molecule has 1 rings (SSSR count). The van der Waals surface area contributed by atoms with Gasteiger partial charge in [0, 0.05) is 0 Å². The lowest BCUT2D eigenvalue weighted by Crippen LogP contribution is -2.35. The van der Waals surface area contributed by atoms with Gasteiger partial charge in [0.2, 0.25) is 0 Å². The van der Waals surface area contributed by atoms with Crippen molar-refractivity contribution in [3.63, 3.8) is 0 Å². The van der Waals surface area contributed by atoms with Crippen molar-refractivity contribution in [1.29, 1.82) is 0 Å². The third-order valence-electron chi connectivity index (χ3n) is 5.50. The first-order chi connectivity index (χ1) is 9.28. The van der Waals surface area contributed by atoms with Gasteiger partial charge in [-0.15, -0.1) is 0 Å². The highest BCUT2D eigenvalue weighted by Gasteiger charge is 2.37. The molecule has 0 spiro atoms. The Labute approximate surface area is 122 Å². The SMILES string of the molecule is CCCCC1C(CCC)CCC(CCC)C1CCC. The Hall–Kier alpha value is 0. The molecular formula is C19H38. The van der Waals surface area contributed by atoms with Crippen LogP contribution in [0, 0.1) is 23.7 Å². The lowest BCUT2D eigenvalue weighted by Gasteiger charge is -2.44. The van der Waals surface area contributed by atoms with Gasteiger partial charge in [0.15, 0.2) is 0 Å². The Bertz CT molecular complexity index is 208. The average Bonchev–Trinajstić information content (AvgIpc) is 2.41. The van der Waals surface area contributed by atoms with Crippen molar-refractivity contribution < 1.29 is 0 Å². The van der Waals surface area contributed by atoms with Crippen LogP contribution in [0.15, 0.2) is 0 Å². The molecule has 0 bridgehead atoms. The molecule has 0 aromatic heterocycles. The third-order valence-corrected chi connectivity index (χ3v) is 5.50. The quantitative estimate of drug-likeness (QED) is 0.429. The fourth-order valence-corrected chi connectivity index (χ4v) is 4.69. The second-order valence-corrected chi connectivity index (χ2v) is 6.93.